The maximum absolute atomic E-state index is 11.0. The van der Waals surface area contributed by atoms with Crippen LogP contribution in [0, 0.1) is 17.0 Å². The molecule has 0 radical (unpaired) electrons. The molecule has 7 heteroatoms. The average Bonchev–Trinajstić information content (AvgIpc) is 2.74. The lowest BCUT2D eigenvalue weighted by Crippen LogP contribution is -2.07. The van der Waals surface area contributed by atoms with E-state index in [2.05, 4.69) is 10.1 Å². The number of hydrogen-bond acceptors (Lipinski definition) is 5. The van der Waals surface area contributed by atoms with Crippen LogP contribution in [0.2, 0.25) is 0 Å². The Morgan fingerprint density at radius 2 is 2.10 bits per heavy atom. The number of benzene rings is 1. The summed E-state index contributed by atoms with van der Waals surface area (Å²) in [6.45, 7) is 1.92. The van der Waals surface area contributed by atoms with Gasteiger partial charge in [0.15, 0.2) is 0 Å². The van der Waals surface area contributed by atoms with Crippen molar-refractivity contribution < 1.29 is 4.92 Å². The quantitative estimate of drug-likeness (QED) is 0.587. The van der Waals surface area contributed by atoms with Gasteiger partial charge in [-0.15, -0.1) is 0 Å². The minimum absolute atomic E-state index is 0.0606. The minimum atomic E-state index is -0.504. The fourth-order valence-corrected chi connectivity index (χ4v) is 2.39. The Labute approximate surface area is 120 Å². The van der Waals surface area contributed by atoms with E-state index in [1.165, 1.54) is 4.68 Å². The van der Waals surface area contributed by atoms with Crippen molar-refractivity contribution in [2.45, 2.75) is 13.5 Å². The number of nitrogens with zero attached hydrogens (tertiary/aromatic N) is 4. The van der Waals surface area contributed by atoms with Gasteiger partial charge in [-0.05, 0) is 18.6 Å². The van der Waals surface area contributed by atoms with Crippen LogP contribution in [0.1, 0.15) is 11.3 Å². The van der Waals surface area contributed by atoms with Gasteiger partial charge in [-0.3, -0.25) is 15.1 Å². The van der Waals surface area contributed by atoms with Gasteiger partial charge in [0.05, 0.1) is 17.0 Å². The highest BCUT2D eigenvalue weighted by molar-refractivity contribution is 5.81. The third kappa shape index (κ3) is 2.18. The summed E-state index contributed by atoms with van der Waals surface area (Å²) in [5.41, 5.74) is 7.77. The van der Waals surface area contributed by atoms with Crippen molar-refractivity contribution in [2.24, 2.45) is 0 Å². The largest absolute Gasteiger partial charge is 0.378 e. The van der Waals surface area contributed by atoms with E-state index < -0.39 is 4.92 Å². The number of anilines is 1. The first-order chi connectivity index (χ1) is 10.1. The van der Waals surface area contributed by atoms with Crippen molar-refractivity contribution in [2.75, 3.05) is 5.73 Å². The van der Waals surface area contributed by atoms with Crippen molar-refractivity contribution in [3.05, 3.63) is 57.9 Å². The molecule has 0 aliphatic carbocycles. The third-order valence-electron chi connectivity index (χ3n) is 3.35. The summed E-state index contributed by atoms with van der Waals surface area (Å²) in [6, 6.07) is 9.62. The Balaban J connectivity index is 2.07. The molecule has 0 spiro atoms. The Morgan fingerprint density at radius 1 is 1.33 bits per heavy atom. The van der Waals surface area contributed by atoms with E-state index in [0.29, 0.717) is 12.2 Å². The lowest BCUT2D eigenvalue weighted by molar-refractivity contribution is -0.384. The highest BCUT2D eigenvalue weighted by Gasteiger charge is 2.23. The third-order valence-corrected chi connectivity index (χ3v) is 3.35. The van der Waals surface area contributed by atoms with E-state index in [1.54, 1.807) is 13.1 Å². The maximum Gasteiger partial charge on any atom is 0.333 e. The highest BCUT2D eigenvalue weighted by Crippen LogP contribution is 2.26. The molecule has 0 atom stereocenters. The summed E-state index contributed by atoms with van der Waals surface area (Å²) < 4.78 is 1.44. The predicted molar refractivity (Wildman–Crippen MR) is 78.9 cm³/mol. The van der Waals surface area contributed by atoms with Crippen LogP contribution in [-0.4, -0.2) is 19.7 Å². The highest BCUT2D eigenvalue weighted by atomic mass is 16.6. The van der Waals surface area contributed by atoms with Crippen molar-refractivity contribution in [1.82, 2.24) is 14.8 Å². The van der Waals surface area contributed by atoms with Crippen LogP contribution >= 0.6 is 0 Å². The van der Waals surface area contributed by atoms with Crippen molar-refractivity contribution in [3.63, 3.8) is 0 Å². The number of nitro groups is 1. The monoisotopic (exact) mass is 283 g/mol. The summed E-state index contributed by atoms with van der Waals surface area (Å²) in [5, 5.41) is 16.1. The number of nitrogens with two attached hydrogens (primary N) is 1. The minimum Gasteiger partial charge on any atom is -0.378 e. The second-order valence-corrected chi connectivity index (χ2v) is 4.73. The Bertz CT molecular complexity index is 835. The van der Waals surface area contributed by atoms with Crippen LogP contribution in [-0.2, 0) is 6.54 Å². The fourth-order valence-electron chi connectivity index (χ4n) is 2.39. The summed E-state index contributed by atoms with van der Waals surface area (Å²) in [5.74, 6) is 0.0606. The fraction of sp³-hybridized carbons (Fsp3) is 0.143. The molecule has 1 aromatic carbocycles. The zero-order valence-corrected chi connectivity index (χ0v) is 11.4. The summed E-state index contributed by atoms with van der Waals surface area (Å²) >= 11 is 0. The molecular weight excluding hydrogens is 270 g/mol. The van der Waals surface area contributed by atoms with Crippen LogP contribution in [0.3, 0.4) is 0 Å². The zero-order chi connectivity index (χ0) is 15.0. The first-order valence-corrected chi connectivity index (χ1v) is 6.38. The number of fused-ring (bicyclic) bond motifs is 1. The van der Waals surface area contributed by atoms with Gasteiger partial charge in [0, 0.05) is 11.6 Å². The van der Waals surface area contributed by atoms with Crippen molar-refractivity contribution in [1.29, 1.82) is 0 Å². The van der Waals surface area contributed by atoms with Gasteiger partial charge in [-0.2, -0.15) is 5.10 Å². The Kier molecular flexibility index (Phi) is 3.02. The lowest BCUT2D eigenvalue weighted by atomic mass is 10.1. The summed E-state index contributed by atoms with van der Waals surface area (Å²) in [4.78, 5) is 14.8. The molecule has 3 rings (SSSR count). The first-order valence-electron chi connectivity index (χ1n) is 6.38. The molecule has 0 bridgehead atoms. The standard InChI is InChI=1S/C14H13N5O2/c1-9-13(19(20)21)14(15)18(17-9)8-11-5-2-4-10-6-3-7-16-12(10)11/h2-7H,8,15H2,1H3. The summed E-state index contributed by atoms with van der Waals surface area (Å²) in [7, 11) is 0. The van der Waals surface area contributed by atoms with Crippen LogP contribution in [0.4, 0.5) is 11.5 Å². The molecular formula is C14H13N5O2. The van der Waals surface area contributed by atoms with Gasteiger partial charge in [0.25, 0.3) is 0 Å². The van der Waals surface area contributed by atoms with E-state index in [1.807, 2.05) is 30.3 Å². The van der Waals surface area contributed by atoms with Crippen LogP contribution in [0.5, 0.6) is 0 Å². The summed E-state index contributed by atoms with van der Waals surface area (Å²) in [6.07, 6.45) is 1.71. The number of pyridine rings is 1. The molecule has 0 saturated carbocycles. The van der Waals surface area contributed by atoms with E-state index in [0.717, 1.165) is 16.5 Å². The predicted octanol–water partition coefficient (Wildman–Crippen LogP) is 2.28. The van der Waals surface area contributed by atoms with E-state index in [9.17, 15) is 10.1 Å². The normalized spacial score (nSPS) is 10.9. The van der Waals surface area contributed by atoms with Gasteiger partial charge < -0.3 is 5.73 Å². The maximum atomic E-state index is 11.0. The lowest BCUT2D eigenvalue weighted by Gasteiger charge is -2.06. The van der Waals surface area contributed by atoms with Crippen LogP contribution in [0.15, 0.2) is 36.5 Å². The zero-order valence-electron chi connectivity index (χ0n) is 11.4. The molecule has 0 fully saturated rings. The van der Waals surface area contributed by atoms with Crippen LogP contribution in [0.25, 0.3) is 10.9 Å². The second-order valence-electron chi connectivity index (χ2n) is 4.73. The SMILES string of the molecule is Cc1nn(Cc2cccc3cccnc23)c(N)c1[N+](=O)[O-]. The number of para-hydroxylation sites is 1. The molecule has 0 unspecified atom stereocenters. The molecule has 2 N–H and O–H groups in total. The molecule has 7 nitrogen and oxygen atoms in total. The molecule has 2 heterocycles. The molecule has 0 aliphatic heterocycles. The number of hydrogen-bond donors (Lipinski definition) is 1. The van der Waals surface area contributed by atoms with E-state index in [4.69, 9.17) is 5.73 Å². The smallest absolute Gasteiger partial charge is 0.333 e. The first kappa shape index (κ1) is 13.0. The molecule has 0 amide bonds. The number of rotatable bonds is 3. The average molecular weight is 283 g/mol. The van der Waals surface area contributed by atoms with E-state index in [-0.39, 0.29) is 11.5 Å². The number of aromatic nitrogens is 3. The second kappa shape index (κ2) is 4.86. The molecule has 21 heavy (non-hydrogen) atoms. The Morgan fingerprint density at radius 3 is 2.81 bits per heavy atom. The van der Waals surface area contributed by atoms with Gasteiger partial charge in [0.2, 0.25) is 5.82 Å². The molecule has 0 aliphatic rings. The van der Waals surface area contributed by atoms with E-state index >= 15 is 0 Å². The van der Waals surface area contributed by atoms with Crippen molar-refractivity contribution >= 4 is 22.4 Å². The van der Waals surface area contributed by atoms with Gasteiger partial charge in [-0.1, -0.05) is 24.3 Å². The molecule has 3 aromatic rings. The van der Waals surface area contributed by atoms with Crippen LogP contribution < -0.4 is 5.73 Å². The number of nitrogen functional groups attached to an aromatic ring is 1. The van der Waals surface area contributed by atoms with Gasteiger partial charge >= 0.3 is 5.69 Å². The number of aryl methyl sites for hydroxylation is 1. The van der Waals surface area contributed by atoms with Crippen molar-refractivity contribution in [3.8, 4) is 0 Å². The van der Waals surface area contributed by atoms with Gasteiger partial charge in [0.1, 0.15) is 5.69 Å². The molecule has 2 aromatic heterocycles. The molecule has 106 valence electrons. The molecule has 0 saturated heterocycles. The van der Waals surface area contributed by atoms with Gasteiger partial charge in [-0.25, -0.2) is 4.68 Å². The Hall–Kier alpha value is -2.96. The topological polar surface area (TPSA) is 99.9 Å².